The number of azo groups is 1. The average molecular weight is 1130 g/mol. The fourth-order valence-electron chi connectivity index (χ4n) is 15.1. The minimum absolute atomic E-state index is 0.0283. The molecule has 7 aliphatic heterocycles. The quantitative estimate of drug-likeness (QED) is 0.103. The molecule has 6 saturated heterocycles. The maximum Gasteiger partial charge on any atom is 0.243 e. The Hall–Kier alpha value is -5.44. The molecular weight excluding hydrogens is 1040 g/mol. The molecule has 1 saturated carbocycles. The van der Waals surface area contributed by atoms with Gasteiger partial charge in [0.15, 0.2) is 17.4 Å². The summed E-state index contributed by atoms with van der Waals surface area (Å²) in [6.07, 6.45) is 11.7. The number of rotatable bonds is 15. The Bertz CT molecular complexity index is 2880. The number of ether oxygens (including phenoxy) is 2. The lowest BCUT2D eigenvalue weighted by atomic mass is 9.60. The largest absolute Gasteiger partial charge is 0.508 e. The number of phenols is 1. The number of amides is 2. The number of likely N-dealkylation sites (tertiary alicyclic amines) is 3. The molecule has 8 aliphatic rings. The first kappa shape index (κ1) is 56.1. The molecule has 2 aromatic carbocycles. The Morgan fingerprint density at radius 1 is 0.877 bits per heavy atom. The van der Waals surface area contributed by atoms with E-state index >= 15 is 0 Å². The molecule has 0 bridgehead atoms. The summed E-state index contributed by atoms with van der Waals surface area (Å²) in [5.74, 6) is 2.04. The number of nitrogens with two attached hydrogens (primary N) is 1. The summed E-state index contributed by atoms with van der Waals surface area (Å²) in [6, 6.07) is 17.4. The van der Waals surface area contributed by atoms with E-state index in [1.165, 1.54) is 38.8 Å². The lowest BCUT2D eigenvalue weighted by Gasteiger charge is -2.56. The molecule has 436 valence electrons. The van der Waals surface area contributed by atoms with Crippen LogP contribution in [0.1, 0.15) is 132 Å². The van der Waals surface area contributed by atoms with Gasteiger partial charge in [0.1, 0.15) is 23.8 Å². The van der Waals surface area contributed by atoms with Crippen LogP contribution in [-0.2, 0) is 19.1 Å². The van der Waals surface area contributed by atoms with Gasteiger partial charge in [-0.15, -0.1) is 16.5 Å². The van der Waals surface area contributed by atoms with Crippen LogP contribution in [0.25, 0.3) is 10.4 Å². The van der Waals surface area contributed by atoms with E-state index in [1.807, 2.05) is 43.6 Å². The van der Waals surface area contributed by atoms with Crippen molar-refractivity contribution in [3.8, 4) is 16.2 Å². The Kier molecular flexibility index (Phi) is 16.6. The SMILES string of the molecule is Cc1ncsc1-c1ccc([C@H](C)NC(=O)[C@@H]2CCCN2C(=O)[C@@H](c2cc(N3CCC(CN4CCC5(CC4)CC(N4CCO[C@@H](CN6CCOC7(CCCN(C8=C(N)N=NC(c9ccccc9O)C8)C7)C6)C4)C5)CC3)no2)C(C)C)cc1. The summed E-state index contributed by atoms with van der Waals surface area (Å²) >= 11 is 1.63. The zero-order chi connectivity index (χ0) is 55.8. The van der Waals surface area contributed by atoms with Crippen molar-refractivity contribution < 1.29 is 28.7 Å². The fraction of sp³-hybridized carbons (Fsp3) is 0.645. The zero-order valence-corrected chi connectivity index (χ0v) is 49.0. The van der Waals surface area contributed by atoms with Gasteiger partial charge < -0.3 is 49.8 Å². The van der Waals surface area contributed by atoms with Crippen LogP contribution in [-0.4, -0.2) is 174 Å². The number of thiazole rings is 1. The third kappa shape index (κ3) is 12.2. The number of nitrogens with zero attached hydrogens (tertiary/aromatic N) is 10. The maximum absolute atomic E-state index is 14.4. The van der Waals surface area contributed by atoms with E-state index in [1.54, 1.807) is 22.3 Å². The first-order chi connectivity index (χ1) is 39.3. The summed E-state index contributed by atoms with van der Waals surface area (Å²) in [5, 5.41) is 27.2. The number of aromatic nitrogens is 2. The Morgan fingerprint density at radius 3 is 2.44 bits per heavy atom. The molecule has 2 unspecified atom stereocenters. The van der Waals surface area contributed by atoms with Crippen LogP contribution in [0.4, 0.5) is 5.82 Å². The minimum atomic E-state index is -0.519. The number of hydrogen-bond donors (Lipinski definition) is 3. The van der Waals surface area contributed by atoms with Crippen LogP contribution in [0.2, 0.25) is 0 Å². The van der Waals surface area contributed by atoms with E-state index in [2.05, 4.69) is 88.3 Å². The summed E-state index contributed by atoms with van der Waals surface area (Å²) in [5.41, 5.74) is 13.5. The predicted molar refractivity (Wildman–Crippen MR) is 313 cm³/mol. The summed E-state index contributed by atoms with van der Waals surface area (Å²) in [6.45, 7) is 22.0. The standard InChI is InChI=1S/C62H86N12O6S/c1-41(2)56(60(77)74-22-7-10-51(74)59(76)65-42(3)45-12-14-46(15-13-45)57-43(4)64-40-81-57)54-32-55(68-80-54)71-23-16-44(17-24-71)35-69-25-19-61(20-26-69)33-47(34-61)72-28-29-78-48(37-72)36-70-27-30-79-62(38-70)18-8-21-73(39-62)52-31-50(66-67-58(52)63)49-9-5-6-11-53(49)75/h5-6,9,11-15,32,40-42,44,47-48,50-51,56,75H,7-8,10,16-31,33-39,63H2,1-4H3,(H,65,76)/t42-,48-,50?,51-,56+,62?/m0/s1. The third-order valence-electron chi connectivity index (χ3n) is 19.8. The molecule has 9 heterocycles. The molecule has 4 N–H and O–H groups in total. The van der Waals surface area contributed by atoms with Gasteiger partial charge >= 0.3 is 0 Å². The van der Waals surface area contributed by atoms with Gasteiger partial charge in [-0.2, -0.15) is 5.11 Å². The summed E-state index contributed by atoms with van der Waals surface area (Å²) in [4.78, 5) is 48.4. The number of phenolic OH excluding ortho intramolecular Hbond substituents is 1. The monoisotopic (exact) mass is 1130 g/mol. The Labute approximate surface area is 482 Å². The minimum Gasteiger partial charge on any atom is -0.508 e. The van der Waals surface area contributed by atoms with Crippen LogP contribution in [0.5, 0.6) is 5.75 Å². The van der Waals surface area contributed by atoms with Gasteiger partial charge in [-0.1, -0.05) is 61.5 Å². The molecule has 1 aliphatic carbocycles. The molecule has 2 amide bonds. The van der Waals surface area contributed by atoms with Crippen LogP contribution in [0.3, 0.4) is 0 Å². The second-order valence-corrected chi connectivity index (χ2v) is 26.4. The normalized spacial score (nSPS) is 27.1. The number of aromatic hydroxyl groups is 1. The molecule has 2 spiro atoms. The van der Waals surface area contributed by atoms with Gasteiger partial charge in [-0.25, -0.2) is 4.98 Å². The van der Waals surface area contributed by atoms with Gasteiger partial charge in [0, 0.05) is 96.1 Å². The molecule has 12 rings (SSSR count). The highest BCUT2D eigenvalue weighted by molar-refractivity contribution is 7.13. The Morgan fingerprint density at radius 2 is 1.68 bits per heavy atom. The highest BCUT2D eigenvalue weighted by atomic mass is 32.1. The van der Waals surface area contributed by atoms with E-state index in [9.17, 15) is 14.7 Å². The zero-order valence-electron chi connectivity index (χ0n) is 48.2. The lowest BCUT2D eigenvalue weighted by Crippen LogP contribution is -2.62. The van der Waals surface area contributed by atoms with Crippen molar-refractivity contribution in [3.05, 3.63) is 94.2 Å². The van der Waals surface area contributed by atoms with Crippen LogP contribution >= 0.6 is 11.3 Å². The molecule has 4 aromatic rings. The number of para-hydroxylation sites is 1. The van der Waals surface area contributed by atoms with Crippen molar-refractivity contribution in [2.45, 2.75) is 140 Å². The fourth-order valence-corrected chi connectivity index (χ4v) is 15.9. The van der Waals surface area contributed by atoms with Crippen LogP contribution < -0.4 is 16.0 Å². The maximum atomic E-state index is 14.4. The molecule has 19 heteroatoms. The number of piperidine rings is 3. The Balaban J connectivity index is 0.566. The number of carbonyl (C=O) groups is 2. The van der Waals surface area contributed by atoms with Crippen molar-refractivity contribution in [2.75, 3.05) is 103 Å². The topological polar surface area (TPSA) is 194 Å². The lowest BCUT2D eigenvalue weighted by molar-refractivity contribution is -0.150. The van der Waals surface area contributed by atoms with Gasteiger partial charge in [-0.3, -0.25) is 19.4 Å². The molecule has 18 nitrogen and oxygen atoms in total. The van der Waals surface area contributed by atoms with E-state index in [-0.39, 0.29) is 47.3 Å². The molecule has 81 heavy (non-hydrogen) atoms. The predicted octanol–water partition coefficient (Wildman–Crippen LogP) is 8.47. The van der Waals surface area contributed by atoms with Crippen molar-refractivity contribution in [1.82, 2.24) is 40.0 Å². The molecule has 6 atom stereocenters. The summed E-state index contributed by atoms with van der Waals surface area (Å²) < 4.78 is 19.2. The molecule has 2 aromatic heterocycles. The third-order valence-corrected chi connectivity index (χ3v) is 20.7. The van der Waals surface area contributed by atoms with E-state index in [4.69, 9.17) is 19.7 Å². The molecule has 0 radical (unpaired) electrons. The smallest absolute Gasteiger partial charge is 0.243 e. The highest BCUT2D eigenvalue weighted by Crippen LogP contribution is 2.51. The van der Waals surface area contributed by atoms with Gasteiger partial charge in [0.2, 0.25) is 11.8 Å². The summed E-state index contributed by atoms with van der Waals surface area (Å²) in [7, 11) is 0. The van der Waals surface area contributed by atoms with Gasteiger partial charge in [0.25, 0.3) is 0 Å². The van der Waals surface area contributed by atoms with Gasteiger partial charge in [0.05, 0.1) is 52.7 Å². The number of carbonyl (C=O) groups excluding carboxylic acids is 2. The number of nitrogens with one attached hydrogen (secondary N) is 1. The first-order valence-corrected chi connectivity index (χ1v) is 31.4. The number of aryl methyl sites for hydroxylation is 1. The number of benzene rings is 2. The van der Waals surface area contributed by atoms with Crippen LogP contribution in [0.15, 0.2) is 86.4 Å². The average Bonchev–Trinajstić information content (AvgIpc) is 4.31. The van der Waals surface area contributed by atoms with E-state index in [0.29, 0.717) is 54.9 Å². The number of anilines is 1. The first-order valence-electron chi connectivity index (χ1n) is 30.5. The van der Waals surface area contributed by atoms with Crippen molar-refractivity contribution in [1.29, 1.82) is 0 Å². The van der Waals surface area contributed by atoms with Crippen LogP contribution in [0, 0.1) is 24.2 Å². The second-order valence-electron chi connectivity index (χ2n) is 25.5. The number of morpholine rings is 2. The second kappa shape index (κ2) is 24.0. The highest BCUT2D eigenvalue weighted by Gasteiger charge is 2.49. The van der Waals surface area contributed by atoms with Crippen molar-refractivity contribution in [3.63, 3.8) is 0 Å². The van der Waals surface area contributed by atoms with Crippen molar-refractivity contribution >= 4 is 29.0 Å². The van der Waals surface area contributed by atoms with Crippen molar-refractivity contribution in [2.24, 2.45) is 33.2 Å². The van der Waals surface area contributed by atoms with E-state index < -0.39 is 12.0 Å². The molecular formula is C62H86N12O6S. The number of hydrogen-bond acceptors (Lipinski definition) is 17. The molecule has 7 fully saturated rings. The van der Waals surface area contributed by atoms with Gasteiger partial charge in [-0.05, 0) is 126 Å². The van der Waals surface area contributed by atoms with E-state index in [0.717, 1.165) is 143 Å².